The molecule has 3 rings (SSSR count). The number of aliphatic hydroxyl groups is 1. The Balaban J connectivity index is 1.96. The van der Waals surface area contributed by atoms with Crippen LogP contribution in [0.25, 0.3) is 0 Å². The molecule has 106 valence electrons. The van der Waals surface area contributed by atoms with Crippen LogP contribution in [0.3, 0.4) is 0 Å². The Bertz CT molecular complexity index is 639. The molecule has 0 saturated carbocycles. The van der Waals surface area contributed by atoms with Crippen LogP contribution in [-0.2, 0) is 13.5 Å². The third-order valence-electron chi connectivity index (χ3n) is 3.66. The molecule has 4 nitrogen and oxygen atoms in total. The minimum absolute atomic E-state index is 0.244. The van der Waals surface area contributed by atoms with E-state index in [1.165, 1.54) is 12.1 Å². The van der Waals surface area contributed by atoms with Gasteiger partial charge >= 0.3 is 0 Å². The van der Waals surface area contributed by atoms with Gasteiger partial charge in [0.1, 0.15) is 17.7 Å². The number of ether oxygens (including phenoxy) is 1. The second-order valence-electron chi connectivity index (χ2n) is 5.10. The zero-order valence-electron chi connectivity index (χ0n) is 11.5. The number of nitrogens with zero attached hydrogens (tertiary/aromatic N) is 2. The second-order valence-corrected chi connectivity index (χ2v) is 5.10. The first kappa shape index (κ1) is 13.1. The van der Waals surface area contributed by atoms with E-state index in [9.17, 15) is 9.50 Å². The van der Waals surface area contributed by atoms with Crippen LogP contribution in [0.5, 0.6) is 5.75 Å². The smallest absolute Gasteiger partial charge is 0.130 e. The number of rotatable bonds is 2. The van der Waals surface area contributed by atoms with Crippen LogP contribution < -0.4 is 4.74 Å². The molecule has 2 heterocycles. The molecule has 0 bridgehead atoms. The number of benzene rings is 1. The first-order valence-electron chi connectivity index (χ1n) is 6.75. The van der Waals surface area contributed by atoms with Gasteiger partial charge in [-0.3, -0.25) is 4.68 Å². The molecule has 1 aliphatic rings. The highest BCUT2D eigenvalue weighted by Crippen LogP contribution is 2.41. The largest absolute Gasteiger partial charge is 0.485 e. The fourth-order valence-electron chi connectivity index (χ4n) is 2.71. The third kappa shape index (κ3) is 2.18. The van der Waals surface area contributed by atoms with Crippen LogP contribution in [0.4, 0.5) is 4.39 Å². The molecule has 1 unspecified atom stereocenters. The molecule has 0 aliphatic carbocycles. The molecule has 5 heteroatoms. The lowest BCUT2D eigenvalue weighted by atomic mass is 9.95. The van der Waals surface area contributed by atoms with E-state index in [4.69, 9.17) is 4.74 Å². The van der Waals surface area contributed by atoms with E-state index in [0.717, 1.165) is 17.7 Å². The van der Waals surface area contributed by atoms with Crippen LogP contribution in [0.2, 0.25) is 0 Å². The van der Waals surface area contributed by atoms with Crippen LogP contribution in [0.15, 0.2) is 24.4 Å². The highest BCUT2D eigenvalue weighted by atomic mass is 19.1. The van der Waals surface area contributed by atoms with E-state index < -0.39 is 6.10 Å². The Morgan fingerprint density at radius 3 is 3.00 bits per heavy atom. The maximum Gasteiger partial charge on any atom is 0.130 e. The van der Waals surface area contributed by atoms with Crippen molar-refractivity contribution in [1.29, 1.82) is 0 Å². The highest BCUT2D eigenvalue weighted by molar-refractivity contribution is 5.39. The highest BCUT2D eigenvalue weighted by Gasteiger charge is 2.30. The van der Waals surface area contributed by atoms with Gasteiger partial charge in [0, 0.05) is 30.8 Å². The van der Waals surface area contributed by atoms with Gasteiger partial charge < -0.3 is 9.84 Å². The first-order chi connectivity index (χ1) is 9.58. The maximum absolute atomic E-state index is 13.2. The Morgan fingerprint density at radius 1 is 1.45 bits per heavy atom. The molecule has 0 saturated heterocycles. The summed E-state index contributed by atoms with van der Waals surface area (Å²) >= 11 is 0. The average molecular weight is 276 g/mol. The number of fused-ring (bicyclic) bond motifs is 1. The molecule has 1 aliphatic heterocycles. The predicted octanol–water partition coefficient (Wildman–Crippen LogP) is 2.68. The number of aromatic nitrogens is 2. The lowest BCUT2D eigenvalue weighted by Crippen LogP contribution is -2.19. The number of hydrogen-bond donors (Lipinski definition) is 1. The van der Waals surface area contributed by atoms with Crippen molar-refractivity contribution in [3.05, 3.63) is 47.0 Å². The Kier molecular flexibility index (Phi) is 3.22. The molecule has 0 radical (unpaired) electrons. The van der Waals surface area contributed by atoms with Crippen LogP contribution in [0, 0.1) is 5.82 Å². The quantitative estimate of drug-likeness (QED) is 0.917. The lowest BCUT2D eigenvalue weighted by molar-refractivity contribution is 0.0649. The lowest BCUT2D eigenvalue weighted by Gasteiger charge is -2.29. The molecular weight excluding hydrogens is 259 g/mol. The zero-order valence-corrected chi connectivity index (χ0v) is 11.5. The van der Waals surface area contributed by atoms with Gasteiger partial charge in [-0.25, -0.2) is 4.39 Å². The van der Waals surface area contributed by atoms with Crippen molar-refractivity contribution in [1.82, 2.24) is 9.78 Å². The van der Waals surface area contributed by atoms with Gasteiger partial charge in [-0.1, -0.05) is 6.92 Å². The summed E-state index contributed by atoms with van der Waals surface area (Å²) in [7, 11) is 1.87. The molecule has 0 fully saturated rings. The van der Waals surface area contributed by atoms with E-state index in [2.05, 4.69) is 5.10 Å². The summed E-state index contributed by atoms with van der Waals surface area (Å²) in [6.45, 7) is 2.04. The van der Waals surface area contributed by atoms with Gasteiger partial charge in [0.15, 0.2) is 0 Å². The Morgan fingerprint density at radius 2 is 2.25 bits per heavy atom. The number of hydrogen-bond acceptors (Lipinski definition) is 3. The topological polar surface area (TPSA) is 47.3 Å². The monoisotopic (exact) mass is 276 g/mol. The molecule has 1 aromatic heterocycles. The first-order valence-corrected chi connectivity index (χ1v) is 6.75. The van der Waals surface area contributed by atoms with Gasteiger partial charge in [0.05, 0.1) is 11.8 Å². The van der Waals surface area contributed by atoms with Crippen LogP contribution in [0.1, 0.15) is 42.4 Å². The van der Waals surface area contributed by atoms with Crippen LogP contribution in [-0.4, -0.2) is 14.9 Å². The molecule has 2 aromatic rings. The number of aryl methyl sites for hydroxylation is 2. The predicted molar refractivity (Wildman–Crippen MR) is 71.9 cm³/mol. The molecule has 20 heavy (non-hydrogen) atoms. The average Bonchev–Trinajstić information content (AvgIpc) is 2.80. The van der Waals surface area contributed by atoms with Crippen molar-refractivity contribution in [2.75, 3.05) is 0 Å². The van der Waals surface area contributed by atoms with Crippen molar-refractivity contribution in [3.8, 4) is 5.75 Å². The van der Waals surface area contributed by atoms with E-state index in [1.54, 1.807) is 10.7 Å². The number of halogens is 1. The van der Waals surface area contributed by atoms with Gasteiger partial charge in [0.25, 0.3) is 0 Å². The summed E-state index contributed by atoms with van der Waals surface area (Å²) < 4.78 is 20.9. The normalized spacial score (nSPS) is 21.4. The van der Waals surface area contributed by atoms with Crippen molar-refractivity contribution >= 4 is 0 Å². The van der Waals surface area contributed by atoms with Gasteiger partial charge in [-0.15, -0.1) is 0 Å². The van der Waals surface area contributed by atoms with Crippen LogP contribution >= 0.6 is 0 Å². The standard InChI is InChI=1S/C15H17FN2O2/c1-3-12-11(8-18(2)17-12)15-7-13(19)10-6-9(16)4-5-14(10)20-15/h4-6,8,13,15,19H,3,7H2,1-2H3/t13-,15?/m0/s1. The summed E-state index contributed by atoms with van der Waals surface area (Å²) in [5, 5.41) is 14.6. The minimum Gasteiger partial charge on any atom is -0.485 e. The molecule has 0 spiro atoms. The Hall–Kier alpha value is -1.88. The summed E-state index contributed by atoms with van der Waals surface area (Å²) in [6.07, 6.45) is 2.18. The molecule has 2 atom stereocenters. The summed E-state index contributed by atoms with van der Waals surface area (Å²) in [6, 6.07) is 4.25. The SMILES string of the molecule is CCc1nn(C)cc1C1C[C@H](O)c2cc(F)ccc2O1. The fraction of sp³-hybridized carbons (Fsp3) is 0.400. The molecule has 1 N–H and O–H groups in total. The summed E-state index contributed by atoms with van der Waals surface area (Å²) in [5.41, 5.74) is 2.47. The van der Waals surface area contributed by atoms with E-state index in [-0.39, 0.29) is 11.9 Å². The van der Waals surface area contributed by atoms with E-state index >= 15 is 0 Å². The van der Waals surface area contributed by atoms with Gasteiger partial charge in [0.2, 0.25) is 0 Å². The minimum atomic E-state index is -0.718. The van der Waals surface area contributed by atoms with Crippen molar-refractivity contribution in [3.63, 3.8) is 0 Å². The number of aliphatic hydroxyl groups excluding tert-OH is 1. The third-order valence-corrected chi connectivity index (χ3v) is 3.66. The second kappa shape index (κ2) is 4.90. The Labute approximate surface area is 116 Å². The van der Waals surface area contributed by atoms with E-state index in [1.807, 2.05) is 20.2 Å². The van der Waals surface area contributed by atoms with Gasteiger partial charge in [-0.2, -0.15) is 5.10 Å². The molecule has 1 aromatic carbocycles. The maximum atomic E-state index is 13.2. The van der Waals surface area contributed by atoms with Crippen molar-refractivity contribution in [2.45, 2.75) is 32.0 Å². The molecule has 0 amide bonds. The zero-order chi connectivity index (χ0) is 14.3. The van der Waals surface area contributed by atoms with E-state index in [0.29, 0.717) is 17.7 Å². The summed E-state index contributed by atoms with van der Waals surface area (Å²) in [5.74, 6) is 0.182. The van der Waals surface area contributed by atoms with Gasteiger partial charge in [-0.05, 0) is 24.6 Å². The van der Waals surface area contributed by atoms with Crippen molar-refractivity contribution in [2.24, 2.45) is 7.05 Å². The fourth-order valence-corrected chi connectivity index (χ4v) is 2.71. The van der Waals surface area contributed by atoms with Crippen molar-refractivity contribution < 1.29 is 14.2 Å². The summed E-state index contributed by atoms with van der Waals surface area (Å²) in [4.78, 5) is 0. The molecular formula is C15H17FN2O2.